The number of carbonyl (C=O) groups excluding carboxylic acids is 6. The molecular formula is C35H40N8O10-4. The van der Waals surface area contributed by atoms with Gasteiger partial charge in [0.25, 0.3) is 0 Å². The number of rotatable bonds is 20. The van der Waals surface area contributed by atoms with Gasteiger partial charge in [0, 0.05) is 75.9 Å². The van der Waals surface area contributed by atoms with Crippen molar-refractivity contribution >= 4 is 41.4 Å². The van der Waals surface area contributed by atoms with Crippen LogP contribution in [0, 0.1) is 5.92 Å². The third kappa shape index (κ3) is 11.4. The fourth-order valence-electron chi connectivity index (χ4n) is 6.03. The highest BCUT2D eigenvalue weighted by Crippen LogP contribution is 2.41. The first-order chi connectivity index (χ1) is 25.2. The Morgan fingerprint density at radius 2 is 1.23 bits per heavy atom. The van der Waals surface area contributed by atoms with Crippen molar-refractivity contribution in [2.24, 2.45) is 5.92 Å². The minimum Gasteiger partial charge on any atom is -0.549 e. The molecule has 18 heteroatoms. The first-order valence-electron chi connectivity index (χ1n) is 16.9. The van der Waals surface area contributed by atoms with Crippen LogP contribution in [0.25, 0.3) is 22.5 Å². The van der Waals surface area contributed by atoms with Gasteiger partial charge in [0.2, 0.25) is 11.8 Å². The molecule has 0 bridgehead atoms. The summed E-state index contributed by atoms with van der Waals surface area (Å²) in [5, 5.41) is 56.4. The van der Waals surface area contributed by atoms with Crippen molar-refractivity contribution in [1.82, 2.24) is 35.0 Å². The fourth-order valence-corrected chi connectivity index (χ4v) is 6.03. The average molecular weight is 733 g/mol. The highest BCUT2D eigenvalue weighted by atomic mass is 16.4. The number of anilines is 1. The molecule has 0 spiro atoms. The summed E-state index contributed by atoms with van der Waals surface area (Å²) in [4.78, 5) is 76.6. The monoisotopic (exact) mass is 732 g/mol. The van der Waals surface area contributed by atoms with Crippen molar-refractivity contribution in [2.45, 2.75) is 26.9 Å². The number of carboxylic acids is 4. The number of carbonyl (C=O) groups is 6. The van der Waals surface area contributed by atoms with Gasteiger partial charge in [0.15, 0.2) is 0 Å². The molecule has 0 saturated heterocycles. The first-order valence-corrected chi connectivity index (χ1v) is 16.9. The van der Waals surface area contributed by atoms with Crippen LogP contribution in [0.5, 0.6) is 0 Å². The molecular weight excluding hydrogens is 692 g/mol. The van der Waals surface area contributed by atoms with Crippen molar-refractivity contribution in [3.8, 4) is 22.5 Å². The Labute approximate surface area is 305 Å². The predicted molar refractivity (Wildman–Crippen MR) is 179 cm³/mol. The molecule has 2 amide bonds. The van der Waals surface area contributed by atoms with Crippen LogP contribution >= 0.6 is 0 Å². The van der Waals surface area contributed by atoms with Crippen LogP contribution < -0.4 is 30.6 Å². The zero-order chi connectivity index (χ0) is 38.7. The van der Waals surface area contributed by atoms with E-state index in [1.54, 1.807) is 9.58 Å². The van der Waals surface area contributed by atoms with Crippen molar-refractivity contribution in [1.29, 1.82) is 0 Å². The summed E-state index contributed by atoms with van der Waals surface area (Å²) in [5.74, 6) is -6.90. The van der Waals surface area contributed by atoms with Crippen LogP contribution in [0.3, 0.4) is 0 Å². The van der Waals surface area contributed by atoms with Crippen LogP contribution in [0.15, 0.2) is 48.5 Å². The summed E-state index contributed by atoms with van der Waals surface area (Å²) in [7, 11) is 0. The zero-order valence-corrected chi connectivity index (χ0v) is 29.4. The molecule has 2 aromatic carbocycles. The molecule has 18 nitrogen and oxygen atoms in total. The van der Waals surface area contributed by atoms with Gasteiger partial charge in [0.1, 0.15) is 5.69 Å². The van der Waals surface area contributed by atoms with Gasteiger partial charge >= 0.3 is 0 Å². The third-order valence-electron chi connectivity index (χ3n) is 8.43. The van der Waals surface area contributed by atoms with E-state index in [2.05, 4.69) is 15.6 Å². The van der Waals surface area contributed by atoms with Crippen LogP contribution in [0.1, 0.15) is 19.4 Å². The average Bonchev–Trinajstić information content (AvgIpc) is 3.49. The summed E-state index contributed by atoms with van der Waals surface area (Å²) in [6.07, 6.45) is 0. The van der Waals surface area contributed by atoms with Crippen molar-refractivity contribution in [3.63, 3.8) is 0 Å². The summed E-state index contributed by atoms with van der Waals surface area (Å²) in [5.41, 5.74) is 4.35. The van der Waals surface area contributed by atoms with E-state index >= 15 is 0 Å². The number of aliphatic carboxylic acids is 4. The lowest BCUT2D eigenvalue weighted by Crippen LogP contribution is -2.50. The smallest absolute Gasteiger partial charge is 0.234 e. The fraction of sp³-hybridized carbons (Fsp3) is 0.429. The van der Waals surface area contributed by atoms with E-state index < -0.39 is 56.0 Å². The summed E-state index contributed by atoms with van der Waals surface area (Å²) in [6.45, 7) is 0.683. The molecule has 0 unspecified atom stereocenters. The van der Waals surface area contributed by atoms with Crippen molar-refractivity contribution in [2.75, 3.05) is 70.3 Å². The molecule has 4 rings (SSSR count). The van der Waals surface area contributed by atoms with E-state index in [0.29, 0.717) is 23.6 Å². The molecule has 1 N–H and O–H groups in total. The minimum absolute atomic E-state index is 0.0455. The van der Waals surface area contributed by atoms with Crippen LogP contribution in [-0.2, 0) is 41.9 Å². The second kappa shape index (κ2) is 18.7. The summed E-state index contributed by atoms with van der Waals surface area (Å²) < 4.78 is 1.67. The summed E-state index contributed by atoms with van der Waals surface area (Å²) in [6, 6.07) is 15.1. The van der Waals surface area contributed by atoms with E-state index in [1.165, 1.54) is 4.90 Å². The topological polar surface area (TPSA) is 250 Å². The Morgan fingerprint density at radius 1 is 0.717 bits per heavy atom. The molecule has 0 saturated carbocycles. The van der Waals surface area contributed by atoms with Gasteiger partial charge in [-0.3, -0.25) is 24.3 Å². The maximum Gasteiger partial charge on any atom is 0.234 e. The number of nitrogens with zero attached hydrogens (tertiary/aromatic N) is 7. The lowest BCUT2D eigenvalue weighted by Gasteiger charge is -2.30. The lowest BCUT2D eigenvalue weighted by atomic mass is 9.95. The highest BCUT2D eigenvalue weighted by Gasteiger charge is 2.30. The number of benzene rings is 2. The lowest BCUT2D eigenvalue weighted by molar-refractivity contribution is -0.312. The van der Waals surface area contributed by atoms with Crippen molar-refractivity contribution in [3.05, 3.63) is 54.1 Å². The van der Waals surface area contributed by atoms with Gasteiger partial charge in [-0.15, -0.1) is 5.10 Å². The summed E-state index contributed by atoms with van der Waals surface area (Å²) >= 11 is 0. The van der Waals surface area contributed by atoms with Crippen LogP contribution in [0.4, 0.5) is 5.69 Å². The Bertz CT molecular complexity index is 1740. The maximum absolute atomic E-state index is 13.4. The second-order valence-corrected chi connectivity index (χ2v) is 12.8. The zero-order valence-electron chi connectivity index (χ0n) is 29.4. The molecule has 0 atom stereocenters. The van der Waals surface area contributed by atoms with Crippen molar-refractivity contribution < 1.29 is 49.2 Å². The Morgan fingerprint density at radius 3 is 1.77 bits per heavy atom. The minimum atomic E-state index is -1.53. The number of amides is 2. The number of carboxylic acid groups (broad SMARTS) is 4. The van der Waals surface area contributed by atoms with Crippen LogP contribution in [-0.4, -0.2) is 131 Å². The molecule has 3 aromatic rings. The highest BCUT2D eigenvalue weighted by molar-refractivity contribution is 6.00. The largest absolute Gasteiger partial charge is 0.549 e. The molecule has 53 heavy (non-hydrogen) atoms. The van der Waals surface area contributed by atoms with Gasteiger partial charge in [-0.25, -0.2) is 4.68 Å². The number of nitrogens with one attached hydrogen (secondary N) is 1. The number of para-hydroxylation sites is 1. The molecule has 1 aliphatic heterocycles. The SMILES string of the molecule is CC(C)C(=O)N1Cc2ccccc2-c2c(nnn2CCNC(=O)CN(CCN(CC(=O)[O-])CC(=O)[O-])CCN(CC(=O)[O-])CC(=O)[O-])-c2ccccc21. The molecule has 0 fully saturated rings. The Hall–Kier alpha value is -5.72. The van der Waals surface area contributed by atoms with E-state index in [4.69, 9.17) is 0 Å². The molecule has 1 aromatic heterocycles. The van der Waals surface area contributed by atoms with Gasteiger partial charge < -0.3 is 49.8 Å². The second-order valence-electron chi connectivity index (χ2n) is 12.8. The Balaban J connectivity index is 1.52. The normalized spacial score (nSPS) is 12.2. The van der Waals surface area contributed by atoms with E-state index in [-0.39, 0.29) is 57.6 Å². The Kier molecular flexibility index (Phi) is 14.1. The number of hydrogen-bond acceptors (Lipinski definition) is 15. The number of hydrogen-bond donors (Lipinski definition) is 1. The molecule has 2 heterocycles. The molecule has 0 aliphatic carbocycles. The maximum atomic E-state index is 13.4. The quantitative estimate of drug-likeness (QED) is 0.114. The molecule has 1 aliphatic rings. The molecule has 284 valence electrons. The first kappa shape index (κ1) is 40.1. The third-order valence-corrected chi connectivity index (χ3v) is 8.43. The van der Waals surface area contributed by atoms with Crippen LogP contribution in [0.2, 0.25) is 0 Å². The van der Waals surface area contributed by atoms with Gasteiger partial charge in [0.05, 0.1) is 54.9 Å². The van der Waals surface area contributed by atoms with Gasteiger partial charge in [-0.2, -0.15) is 0 Å². The standard InChI is InChI=1S/C35H44N8O10/c1-23(2)35(53)42-17-24-7-3-4-8-25(24)34-33(26-9-5-6-10-27(26)42)37-38-43(34)12-11-36-28(44)18-39(13-15-40(19-29(45)46)20-30(47)48)14-16-41(21-31(49)50)22-32(51)52/h3-10,23H,11-22H2,1-2H3,(H,36,44)(H,45,46)(H,47,48)(H,49,50)(H,51,52)/p-4. The molecule has 0 radical (unpaired) electrons. The number of fused-ring (bicyclic) bond motifs is 5. The number of aromatic nitrogens is 3. The van der Waals surface area contributed by atoms with Gasteiger partial charge in [-0.1, -0.05) is 61.5 Å². The van der Waals surface area contributed by atoms with E-state index in [1.807, 2.05) is 62.4 Å². The predicted octanol–water partition coefficient (Wildman–Crippen LogP) is -4.86. The van der Waals surface area contributed by atoms with E-state index in [9.17, 15) is 49.2 Å². The van der Waals surface area contributed by atoms with Gasteiger partial charge in [-0.05, 0) is 11.6 Å². The van der Waals surface area contributed by atoms with E-state index in [0.717, 1.165) is 26.5 Å².